The van der Waals surface area contributed by atoms with Gasteiger partial charge < -0.3 is 9.47 Å². The quantitative estimate of drug-likeness (QED) is 0.341. The van der Waals surface area contributed by atoms with E-state index < -0.39 is 5.97 Å². The number of hydrogen-bond donors (Lipinski definition) is 0. The fourth-order valence-corrected chi connectivity index (χ4v) is 1.61. The molecule has 0 atom stereocenters. The van der Waals surface area contributed by atoms with Gasteiger partial charge in [0.25, 0.3) is 0 Å². The van der Waals surface area contributed by atoms with Gasteiger partial charge in [0.05, 0.1) is 7.11 Å². The minimum Gasteiger partial charge on any atom is -0.496 e. The number of rotatable bonds is 2. The number of hydrogen-bond acceptors (Lipinski definition) is 3. The molecule has 0 fully saturated rings. The van der Waals surface area contributed by atoms with Crippen molar-refractivity contribution in [1.82, 2.24) is 0 Å². The second-order valence-electron chi connectivity index (χ2n) is 3.38. The first-order valence-corrected chi connectivity index (χ1v) is 5.00. The zero-order chi connectivity index (χ0) is 12.3. The first-order valence-electron chi connectivity index (χ1n) is 5.00. The topological polar surface area (TPSA) is 35.5 Å². The Morgan fingerprint density at radius 3 is 2.82 bits per heavy atom. The van der Waals surface area contributed by atoms with Crippen LogP contribution < -0.4 is 9.47 Å². The van der Waals surface area contributed by atoms with E-state index in [4.69, 9.17) is 15.9 Å². The minimum absolute atomic E-state index is 0.425. The molecule has 0 spiro atoms. The number of fused-ring (bicyclic) bond motifs is 1. The van der Waals surface area contributed by atoms with Crippen molar-refractivity contribution < 1.29 is 14.3 Å². The molecular weight excluding hydrogens is 216 g/mol. The van der Waals surface area contributed by atoms with Crippen LogP contribution in [0.4, 0.5) is 0 Å². The van der Waals surface area contributed by atoms with Gasteiger partial charge in [0.2, 0.25) is 0 Å². The number of ether oxygens (including phenoxy) is 2. The van der Waals surface area contributed by atoms with Gasteiger partial charge in [-0.15, -0.1) is 6.42 Å². The van der Waals surface area contributed by atoms with Crippen LogP contribution in [0.5, 0.6) is 11.5 Å². The van der Waals surface area contributed by atoms with Gasteiger partial charge in [0, 0.05) is 11.3 Å². The van der Waals surface area contributed by atoms with E-state index in [0.29, 0.717) is 5.75 Å². The third-order valence-electron chi connectivity index (χ3n) is 2.36. The summed E-state index contributed by atoms with van der Waals surface area (Å²) in [6.45, 7) is 0. The molecule has 2 aromatic carbocycles. The lowest BCUT2D eigenvalue weighted by molar-refractivity contribution is -0.128. The Bertz CT molecular complexity index is 608. The molecule has 0 aromatic heterocycles. The van der Waals surface area contributed by atoms with Crippen molar-refractivity contribution in [1.29, 1.82) is 0 Å². The number of carbonyl (C=O) groups is 1. The molecule has 0 N–H and O–H groups in total. The molecule has 2 rings (SSSR count). The molecule has 3 heteroatoms. The highest BCUT2D eigenvalue weighted by atomic mass is 16.5. The Hall–Kier alpha value is -2.47. The van der Waals surface area contributed by atoms with Crippen LogP contribution in [0.25, 0.3) is 10.8 Å². The Kier molecular flexibility index (Phi) is 2.97. The normalized spacial score (nSPS) is 9.65. The van der Waals surface area contributed by atoms with Gasteiger partial charge in [-0.25, -0.2) is 4.79 Å². The van der Waals surface area contributed by atoms with Gasteiger partial charge in [-0.1, -0.05) is 12.1 Å². The van der Waals surface area contributed by atoms with Crippen molar-refractivity contribution in [2.24, 2.45) is 0 Å². The number of methoxy groups -OCH3 is 1. The van der Waals surface area contributed by atoms with Crippen LogP contribution in [0.1, 0.15) is 0 Å². The zero-order valence-corrected chi connectivity index (χ0v) is 9.27. The summed E-state index contributed by atoms with van der Waals surface area (Å²) in [5, 5.41) is 1.88. The van der Waals surface area contributed by atoms with Crippen LogP contribution in [-0.4, -0.2) is 13.1 Å². The lowest BCUT2D eigenvalue weighted by Crippen LogP contribution is -2.03. The smallest absolute Gasteiger partial charge is 0.389 e. The summed E-state index contributed by atoms with van der Waals surface area (Å²) in [5.74, 6) is 2.40. The maximum absolute atomic E-state index is 11.0. The molecule has 0 saturated heterocycles. The van der Waals surface area contributed by atoms with Gasteiger partial charge in [-0.3, -0.25) is 0 Å². The summed E-state index contributed by atoms with van der Waals surface area (Å²) >= 11 is 0. The summed E-state index contributed by atoms with van der Waals surface area (Å²) in [4.78, 5) is 11.0. The molecule has 0 bridgehead atoms. The van der Waals surface area contributed by atoms with E-state index in [1.165, 1.54) is 0 Å². The molecule has 17 heavy (non-hydrogen) atoms. The van der Waals surface area contributed by atoms with Gasteiger partial charge in [0.15, 0.2) is 0 Å². The van der Waals surface area contributed by atoms with Crippen LogP contribution >= 0.6 is 0 Å². The second kappa shape index (κ2) is 4.58. The zero-order valence-electron chi connectivity index (χ0n) is 9.27. The molecule has 0 aliphatic rings. The van der Waals surface area contributed by atoms with E-state index in [1.54, 1.807) is 19.2 Å². The number of benzene rings is 2. The summed E-state index contributed by atoms with van der Waals surface area (Å²) in [7, 11) is 1.61. The molecule has 3 nitrogen and oxygen atoms in total. The van der Waals surface area contributed by atoms with E-state index in [-0.39, 0.29) is 0 Å². The fourth-order valence-electron chi connectivity index (χ4n) is 1.61. The average molecular weight is 226 g/mol. The van der Waals surface area contributed by atoms with E-state index in [2.05, 4.69) is 0 Å². The fraction of sp³-hybridized carbons (Fsp3) is 0.0714. The maximum atomic E-state index is 11.0. The van der Waals surface area contributed by atoms with Gasteiger partial charge in [0.1, 0.15) is 11.5 Å². The summed E-state index contributed by atoms with van der Waals surface area (Å²) < 4.78 is 10.2. The molecule has 0 radical (unpaired) electrons. The van der Waals surface area contributed by atoms with Crippen LogP contribution in [0.3, 0.4) is 0 Å². The Labute approximate surface area is 99.0 Å². The largest absolute Gasteiger partial charge is 0.496 e. The standard InChI is InChI=1S/C14H10O3/c1-3-14(15)17-11-7-8-12-10(9-11)5-4-6-13(12)16-2/h1,4-9H,2H3. The highest BCUT2D eigenvalue weighted by Gasteiger charge is 2.04. The van der Waals surface area contributed by atoms with Crippen LogP contribution in [-0.2, 0) is 4.79 Å². The highest BCUT2D eigenvalue weighted by molar-refractivity contribution is 5.92. The molecular formula is C14H10O3. The van der Waals surface area contributed by atoms with Gasteiger partial charge in [-0.05, 0) is 29.7 Å². The first kappa shape index (κ1) is 11.0. The lowest BCUT2D eigenvalue weighted by atomic mass is 10.1. The Morgan fingerprint density at radius 1 is 1.29 bits per heavy atom. The molecule has 0 heterocycles. The van der Waals surface area contributed by atoms with Crippen LogP contribution in [0, 0.1) is 12.3 Å². The van der Waals surface area contributed by atoms with Gasteiger partial charge in [-0.2, -0.15) is 0 Å². The minimum atomic E-state index is -0.702. The summed E-state index contributed by atoms with van der Waals surface area (Å²) in [6, 6.07) is 10.9. The SMILES string of the molecule is C#CC(=O)Oc1ccc2c(OC)cccc2c1. The average Bonchev–Trinajstić information content (AvgIpc) is 2.37. The van der Waals surface area contributed by atoms with Crippen molar-refractivity contribution in [2.45, 2.75) is 0 Å². The third kappa shape index (κ3) is 2.21. The number of esters is 1. The van der Waals surface area contributed by atoms with Crippen molar-refractivity contribution in [3.63, 3.8) is 0 Å². The van der Waals surface area contributed by atoms with Gasteiger partial charge >= 0.3 is 5.97 Å². The molecule has 0 aliphatic carbocycles. The molecule has 0 amide bonds. The molecule has 0 unspecified atom stereocenters. The Morgan fingerprint density at radius 2 is 2.12 bits per heavy atom. The predicted molar refractivity (Wildman–Crippen MR) is 65.0 cm³/mol. The summed E-state index contributed by atoms with van der Waals surface area (Å²) in [5.41, 5.74) is 0. The van der Waals surface area contributed by atoms with E-state index >= 15 is 0 Å². The first-order chi connectivity index (χ1) is 8.24. The maximum Gasteiger partial charge on any atom is 0.389 e. The van der Waals surface area contributed by atoms with Crippen LogP contribution in [0.15, 0.2) is 36.4 Å². The monoisotopic (exact) mass is 226 g/mol. The summed E-state index contributed by atoms with van der Waals surface area (Å²) in [6.07, 6.45) is 4.93. The van der Waals surface area contributed by atoms with Crippen LogP contribution in [0.2, 0.25) is 0 Å². The molecule has 0 saturated carbocycles. The Balaban J connectivity index is 2.45. The van der Waals surface area contributed by atoms with Crippen molar-refractivity contribution in [3.05, 3.63) is 36.4 Å². The number of carbonyl (C=O) groups excluding carboxylic acids is 1. The molecule has 84 valence electrons. The van der Waals surface area contributed by atoms with E-state index in [1.807, 2.05) is 30.2 Å². The highest BCUT2D eigenvalue weighted by Crippen LogP contribution is 2.28. The second-order valence-corrected chi connectivity index (χ2v) is 3.38. The molecule has 0 aliphatic heterocycles. The van der Waals surface area contributed by atoms with E-state index in [9.17, 15) is 4.79 Å². The van der Waals surface area contributed by atoms with Crippen molar-refractivity contribution >= 4 is 16.7 Å². The number of terminal acetylenes is 1. The van der Waals surface area contributed by atoms with Crippen molar-refractivity contribution in [2.75, 3.05) is 7.11 Å². The lowest BCUT2D eigenvalue weighted by Gasteiger charge is -2.06. The van der Waals surface area contributed by atoms with Crippen molar-refractivity contribution in [3.8, 4) is 23.8 Å². The predicted octanol–water partition coefficient (Wildman–Crippen LogP) is 2.39. The third-order valence-corrected chi connectivity index (χ3v) is 2.36. The van der Waals surface area contributed by atoms with E-state index in [0.717, 1.165) is 16.5 Å². The molecule has 2 aromatic rings.